The maximum absolute atomic E-state index is 5.89. The molecule has 1 aliphatic rings. The third-order valence-electron chi connectivity index (χ3n) is 4.06. The summed E-state index contributed by atoms with van der Waals surface area (Å²) in [4.78, 5) is 1.83. The average Bonchev–Trinajstić information content (AvgIpc) is 2.92. The number of thiocarbonyl (C=S) groups is 1. The quantitative estimate of drug-likeness (QED) is 0.850. The molecule has 0 saturated carbocycles. The van der Waals surface area contributed by atoms with Crippen LogP contribution in [0.15, 0.2) is 11.4 Å². The molecule has 1 unspecified atom stereocenters. The van der Waals surface area contributed by atoms with E-state index in [1.807, 2.05) is 25.2 Å². The van der Waals surface area contributed by atoms with Crippen LogP contribution in [0, 0.1) is 13.8 Å². The summed E-state index contributed by atoms with van der Waals surface area (Å²) in [6.07, 6.45) is 3.45. The van der Waals surface area contributed by atoms with Crippen molar-refractivity contribution in [1.29, 1.82) is 0 Å². The summed E-state index contributed by atoms with van der Waals surface area (Å²) >= 11 is 7.03. The lowest BCUT2D eigenvalue weighted by molar-refractivity contribution is 0.605. The van der Waals surface area contributed by atoms with Crippen molar-refractivity contribution in [2.45, 2.75) is 39.2 Å². The molecule has 0 fully saturated rings. The number of nitrogens with two attached hydrogens (primary N) is 1. The SMILES string of the molecule is Cc1nnc(NC2CCCc3sccc32)c(C(N)=S)c1C. The van der Waals surface area contributed by atoms with E-state index >= 15 is 0 Å². The van der Waals surface area contributed by atoms with Crippen LogP contribution in [0.25, 0.3) is 0 Å². The highest BCUT2D eigenvalue weighted by atomic mass is 32.1. The minimum atomic E-state index is 0.268. The van der Waals surface area contributed by atoms with E-state index in [1.54, 1.807) is 0 Å². The van der Waals surface area contributed by atoms with Gasteiger partial charge in [-0.25, -0.2) is 0 Å². The van der Waals surface area contributed by atoms with Crippen LogP contribution in [-0.4, -0.2) is 15.2 Å². The molecule has 0 spiro atoms. The topological polar surface area (TPSA) is 63.8 Å². The Labute approximate surface area is 133 Å². The Kier molecular flexibility index (Phi) is 3.91. The summed E-state index contributed by atoms with van der Waals surface area (Å²) in [6.45, 7) is 3.91. The average molecular weight is 318 g/mol. The number of aryl methyl sites for hydroxylation is 2. The molecule has 3 rings (SSSR count). The van der Waals surface area contributed by atoms with Crippen LogP contribution >= 0.6 is 23.6 Å². The lowest BCUT2D eigenvalue weighted by Crippen LogP contribution is -2.22. The molecule has 0 bridgehead atoms. The highest BCUT2D eigenvalue weighted by Gasteiger charge is 2.23. The van der Waals surface area contributed by atoms with E-state index in [0.717, 1.165) is 23.2 Å². The zero-order chi connectivity index (χ0) is 15.0. The number of thiophene rings is 1. The molecule has 4 nitrogen and oxygen atoms in total. The maximum atomic E-state index is 5.89. The van der Waals surface area contributed by atoms with Gasteiger partial charge >= 0.3 is 0 Å². The summed E-state index contributed by atoms with van der Waals surface area (Å²) in [5.41, 5.74) is 9.95. The first-order valence-electron chi connectivity index (χ1n) is 7.04. The standard InChI is InChI=1S/C15H18N4S2/c1-8-9(2)18-19-15(13(8)14(16)20)17-11-4-3-5-12-10(11)6-7-21-12/h6-7,11H,3-5H2,1-2H3,(H2,16,20)(H,17,19). The smallest absolute Gasteiger partial charge is 0.159 e. The Bertz CT molecular complexity index is 693. The molecule has 110 valence electrons. The molecular weight excluding hydrogens is 300 g/mol. The predicted octanol–water partition coefficient (Wildman–Crippen LogP) is 3.28. The third kappa shape index (κ3) is 2.65. The molecule has 0 amide bonds. The number of nitrogens with zero attached hydrogens (tertiary/aromatic N) is 2. The molecule has 2 aromatic heterocycles. The van der Waals surface area contributed by atoms with Gasteiger partial charge in [0.15, 0.2) is 5.82 Å². The summed E-state index contributed by atoms with van der Waals surface area (Å²) in [5.74, 6) is 0.703. The largest absolute Gasteiger partial charge is 0.389 e. The van der Waals surface area contributed by atoms with Gasteiger partial charge in [-0.15, -0.1) is 16.4 Å². The number of anilines is 1. The Morgan fingerprint density at radius 3 is 3.00 bits per heavy atom. The van der Waals surface area contributed by atoms with Crippen LogP contribution < -0.4 is 11.1 Å². The van der Waals surface area contributed by atoms with Crippen molar-refractivity contribution in [2.75, 3.05) is 5.32 Å². The van der Waals surface area contributed by atoms with Gasteiger partial charge in [0, 0.05) is 4.88 Å². The van der Waals surface area contributed by atoms with Crippen molar-refractivity contribution < 1.29 is 0 Å². The van der Waals surface area contributed by atoms with Gasteiger partial charge in [-0.3, -0.25) is 0 Å². The minimum absolute atomic E-state index is 0.268. The number of hydrogen-bond donors (Lipinski definition) is 2. The zero-order valence-corrected chi connectivity index (χ0v) is 13.8. The van der Waals surface area contributed by atoms with Crippen LogP contribution in [0.4, 0.5) is 5.82 Å². The lowest BCUT2D eigenvalue weighted by Gasteiger charge is -2.25. The Morgan fingerprint density at radius 1 is 1.43 bits per heavy atom. The summed E-state index contributed by atoms with van der Waals surface area (Å²) in [5, 5.41) is 14.2. The van der Waals surface area contributed by atoms with Crippen molar-refractivity contribution in [2.24, 2.45) is 5.73 Å². The van der Waals surface area contributed by atoms with E-state index in [9.17, 15) is 0 Å². The van der Waals surface area contributed by atoms with Crippen LogP contribution in [0.1, 0.15) is 46.1 Å². The fourth-order valence-electron chi connectivity index (χ4n) is 2.81. The maximum Gasteiger partial charge on any atom is 0.159 e. The fourth-order valence-corrected chi connectivity index (χ4v) is 4.05. The Balaban J connectivity index is 1.97. The van der Waals surface area contributed by atoms with Crippen molar-refractivity contribution in [1.82, 2.24) is 10.2 Å². The molecule has 0 saturated heterocycles. The van der Waals surface area contributed by atoms with Crippen molar-refractivity contribution in [3.05, 3.63) is 38.7 Å². The van der Waals surface area contributed by atoms with Gasteiger partial charge in [0.2, 0.25) is 0 Å². The van der Waals surface area contributed by atoms with Crippen LogP contribution in [0.2, 0.25) is 0 Å². The lowest BCUT2D eigenvalue weighted by atomic mass is 9.94. The minimum Gasteiger partial charge on any atom is -0.389 e. The van der Waals surface area contributed by atoms with Gasteiger partial charge in [0.25, 0.3) is 0 Å². The van der Waals surface area contributed by atoms with Gasteiger partial charge in [-0.05, 0) is 55.7 Å². The Morgan fingerprint density at radius 2 is 2.24 bits per heavy atom. The second kappa shape index (κ2) is 5.69. The fraction of sp³-hybridized carbons (Fsp3) is 0.400. The number of nitrogens with one attached hydrogen (secondary N) is 1. The van der Waals surface area contributed by atoms with E-state index in [-0.39, 0.29) is 6.04 Å². The van der Waals surface area contributed by atoms with Gasteiger partial charge in [0.1, 0.15) is 4.99 Å². The second-order valence-electron chi connectivity index (χ2n) is 5.39. The molecular formula is C15H18N4S2. The molecule has 2 heterocycles. The van der Waals surface area contributed by atoms with Gasteiger partial charge in [0.05, 0.1) is 17.3 Å². The molecule has 6 heteroatoms. The first-order valence-corrected chi connectivity index (χ1v) is 8.33. The summed E-state index contributed by atoms with van der Waals surface area (Å²) < 4.78 is 0. The molecule has 2 aromatic rings. The molecule has 1 atom stereocenters. The molecule has 0 aliphatic heterocycles. The van der Waals surface area contributed by atoms with Crippen molar-refractivity contribution in [3.63, 3.8) is 0 Å². The first-order chi connectivity index (χ1) is 10.1. The highest BCUT2D eigenvalue weighted by Crippen LogP contribution is 2.36. The van der Waals surface area contributed by atoms with Crippen LogP contribution in [0.5, 0.6) is 0 Å². The molecule has 0 aromatic carbocycles. The van der Waals surface area contributed by atoms with Crippen molar-refractivity contribution in [3.8, 4) is 0 Å². The first kappa shape index (κ1) is 14.4. The van der Waals surface area contributed by atoms with Gasteiger partial charge in [-0.1, -0.05) is 12.2 Å². The number of aromatic nitrogens is 2. The third-order valence-corrected chi connectivity index (χ3v) is 5.26. The van der Waals surface area contributed by atoms with E-state index in [2.05, 4.69) is 27.0 Å². The summed E-state index contributed by atoms with van der Waals surface area (Å²) in [6, 6.07) is 2.47. The monoisotopic (exact) mass is 318 g/mol. The van der Waals surface area contributed by atoms with Crippen LogP contribution in [-0.2, 0) is 6.42 Å². The van der Waals surface area contributed by atoms with E-state index in [0.29, 0.717) is 10.8 Å². The van der Waals surface area contributed by atoms with E-state index < -0.39 is 0 Å². The molecule has 21 heavy (non-hydrogen) atoms. The normalized spacial score (nSPS) is 17.3. The molecule has 3 N–H and O–H groups in total. The van der Waals surface area contributed by atoms with Gasteiger partial charge < -0.3 is 11.1 Å². The second-order valence-corrected chi connectivity index (χ2v) is 6.83. The Hall–Kier alpha value is -1.53. The highest BCUT2D eigenvalue weighted by molar-refractivity contribution is 7.80. The van der Waals surface area contributed by atoms with E-state index in [4.69, 9.17) is 18.0 Å². The van der Waals surface area contributed by atoms with Crippen LogP contribution in [0.3, 0.4) is 0 Å². The summed E-state index contributed by atoms with van der Waals surface area (Å²) in [7, 11) is 0. The predicted molar refractivity (Wildman–Crippen MR) is 91.0 cm³/mol. The molecule has 1 aliphatic carbocycles. The van der Waals surface area contributed by atoms with Crippen molar-refractivity contribution >= 4 is 34.4 Å². The number of hydrogen-bond acceptors (Lipinski definition) is 5. The van der Waals surface area contributed by atoms with Gasteiger partial charge in [-0.2, -0.15) is 5.10 Å². The number of fused-ring (bicyclic) bond motifs is 1. The zero-order valence-electron chi connectivity index (χ0n) is 12.1. The van der Waals surface area contributed by atoms with E-state index in [1.165, 1.54) is 23.3 Å². The number of rotatable bonds is 3. The molecule has 0 radical (unpaired) electrons.